The van der Waals surface area contributed by atoms with E-state index in [4.69, 9.17) is 4.74 Å². The van der Waals surface area contributed by atoms with Gasteiger partial charge in [0.25, 0.3) is 0 Å². The van der Waals surface area contributed by atoms with Gasteiger partial charge in [0.2, 0.25) is 0 Å². The van der Waals surface area contributed by atoms with Crippen LogP contribution >= 0.6 is 0 Å². The third-order valence-corrected chi connectivity index (χ3v) is 4.96. The average Bonchev–Trinajstić information content (AvgIpc) is 2.73. The zero-order valence-electron chi connectivity index (χ0n) is 15.5. The van der Waals surface area contributed by atoms with Gasteiger partial charge in [-0.3, -0.25) is 0 Å². The Balaban J connectivity index is 1.91. The van der Waals surface area contributed by atoms with Crippen molar-refractivity contribution in [2.45, 2.75) is 25.4 Å². The Labute approximate surface area is 166 Å². The Bertz CT molecular complexity index is 1070. The molecule has 1 fully saturated rings. The van der Waals surface area contributed by atoms with Crippen molar-refractivity contribution >= 4 is 16.6 Å². The van der Waals surface area contributed by atoms with Crippen LogP contribution in [0.25, 0.3) is 10.9 Å². The van der Waals surface area contributed by atoms with Crippen molar-refractivity contribution in [3.63, 3.8) is 0 Å². The molecule has 0 atom stereocenters. The summed E-state index contributed by atoms with van der Waals surface area (Å²) in [6.07, 6.45) is -1.94. The number of hydrogen-bond donors (Lipinski definition) is 0. The average molecular weight is 397 g/mol. The van der Waals surface area contributed by atoms with Gasteiger partial charge < -0.3 is 9.64 Å². The lowest BCUT2D eigenvalue weighted by atomic mass is 10.0. The molecule has 148 valence electrons. The molecule has 0 amide bonds. The number of anilines is 1. The minimum Gasteiger partial charge on any atom is -0.457 e. The molecule has 0 spiro atoms. The van der Waals surface area contributed by atoms with Gasteiger partial charge in [-0.2, -0.15) is 18.4 Å². The van der Waals surface area contributed by atoms with Crippen LogP contribution in [-0.4, -0.2) is 18.1 Å². The van der Waals surface area contributed by atoms with E-state index in [9.17, 15) is 18.4 Å². The van der Waals surface area contributed by atoms with E-state index >= 15 is 0 Å². The molecule has 4 nitrogen and oxygen atoms in total. The maximum Gasteiger partial charge on any atom is 0.434 e. The van der Waals surface area contributed by atoms with E-state index in [0.717, 1.165) is 19.3 Å². The summed E-state index contributed by atoms with van der Waals surface area (Å²) >= 11 is 0. The molecule has 0 bridgehead atoms. The first-order valence-electron chi connectivity index (χ1n) is 9.40. The van der Waals surface area contributed by atoms with Gasteiger partial charge in [0.1, 0.15) is 23.1 Å². The highest BCUT2D eigenvalue weighted by molar-refractivity contribution is 5.96. The fraction of sp³-hybridized carbons (Fsp3) is 0.273. The van der Waals surface area contributed by atoms with Crippen LogP contribution in [0.3, 0.4) is 0 Å². The summed E-state index contributed by atoms with van der Waals surface area (Å²) in [7, 11) is 0. The first kappa shape index (κ1) is 19.1. The van der Waals surface area contributed by atoms with Crippen molar-refractivity contribution in [2.75, 3.05) is 18.0 Å². The largest absolute Gasteiger partial charge is 0.457 e. The highest BCUT2D eigenvalue weighted by atomic mass is 19.4. The number of piperidine rings is 1. The first-order chi connectivity index (χ1) is 14.0. The predicted octanol–water partition coefficient (Wildman–Crippen LogP) is 5.91. The molecule has 1 saturated heterocycles. The van der Waals surface area contributed by atoms with Gasteiger partial charge in [-0.05, 0) is 49.6 Å². The number of para-hydroxylation sites is 1. The normalized spacial score (nSPS) is 14.6. The Morgan fingerprint density at radius 3 is 2.34 bits per heavy atom. The fourth-order valence-electron chi connectivity index (χ4n) is 3.67. The fourth-order valence-corrected chi connectivity index (χ4v) is 3.67. The van der Waals surface area contributed by atoms with Gasteiger partial charge in [-0.15, -0.1) is 0 Å². The molecule has 0 unspecified atom stereocenters. The molecule has 0 aliphatic carbocycles. The highest BCUT2D eigenvalue weighted by Crippen LogP contribution is 2.41. The zero-order chi connectivity index (χ0) is 20.4. The van der Waals surface area contributed by atoms with Gasteiger partial charge >= 0.3 is 6.18 Å². The summed E-state index contributed by atoms with van der Waals surface area (Å²) in [5, 5.41) is 10.1. The van der Waals surface area contributed by atoms with Gasteiger partial charge in [0, 0.05) is 18.5 Å². The van der Waals surface area contributed by atoms with E-state index in [1.807, 2.05) is 23.1 Å². The molecule has 7 heteroatoms. The van der Waals surface area contributed by atoms with E-state index in [0.29, 0.717) is 35.7 Å². The van der Waals surface area contributed by atoms with E-state index in [-0.39, 0.29) is 5.52 Å². The standard InChI is InChI=1S/C22H18F3N3O/c23-22(24,25)21-18(14-26)20(28-11-5-2-6-12-28)17-13-16(9-10-19(17)27-21)29-15-7-3-1-4-8-15/h1,3-4,7-10,13H,2,5-6,11-12H2. The van der Waals surface area contributed by atoms with Crippen LogP contribution in [0.15, 0.2) is 48.5 Å². The number of pyridine rings is 1. The molecule has 1 aliphatic rings. The smallest absolute Gasteiger partial charge is 0.434 e. The molecule has 1 aliphatic heterocycles. The van der Waals surface area contributed by atoms with Crippen molar-refractivity contribution in [3.05, 3.63) is 59.8 Å². The molecule has 0 N–H and O–H groups in total. The molecule has 1 aromatic heterocycles. The van der Waals surface area contributed by atoms with Gasteiger partial charge in [0.15, 0.2) is 5.69 Å². The minimum atomic E-state index is -4.71. The number of nitriles is 1. The lowest BCUT2D eigenvalue weighted by molar-refractivity contribution is -0.141. The Hall–Kier alpha value is -3.27. The van der Waals surface area contributed by atoms with Crippen LogP contribution in [0.1, 0.15) is 30.5 Å². The second kappa shape index (κ2) is 7.63. The lowest BCUT2D eigenvalue weighted by Crippen LogP contribution is -2.31. The minimum absolute atomic E-state index is 0.192. The van der Waals surface area contributed by atoms with E-state index in [1.54, 1.807) is 30.3 Å². The van der Waals surface area contributed by atoms with Crippen molar-refractivity contribution in [2.24, 2.45) is 0 Å². The summed E-state index contributed by atoms with van der Waals surface area (Å²) in [5.74, 6) is 1.10. The summed E-state index contributed by atoms with van der Waals surface area (Å²) < 4.78 is 46.7. The zero-order valence-corrected chi connectivity index (χ0v) is 15.5. The summed E-state index contributed by atoms with van der Waals surface area (Å²) in [5.41, 5.74) is -1.08. The van der Waals surface area contributed by atoms with Crippen LogP contribution in [-0.2, 0) is 6.18 Å². The van der Waals surface area contributed by atoms with Gasteiger partial charge in [0.05, 0.1) is 11.2 Å². The molecule has 0 radical (unpaired) electrons. The summed E-state index contributed by atoms with van der Waals surface area (Å²) in [6, 6.07) is 15.7. The topological polar surface area (TPSA) is 49.1 Å². The van der Waals surface area contributed by atoms with E-state index in [1.165, 1.54) is 6.07 Å². The third-order valence-electron chi connectivity index (χ3n) is 4.96. The van der Waals surface area contributed by atoms with Crippen LogP contribution < -0.4 is 9.64 Å². The molecule has 4 rings (SSSR count). The first-order valence-corrected chi connectivity index (χ1v) is 9.40. The number of nitrogens with zero attached hydrogens (tertiary/aromatic N) is 3. The number of benzene rings is 2. The number of hydrogen-bond acceptors (Lipinski definition) is 4. The van der Waals surface area contributed by atoms with E-state index in [2.05, 4.69) is 4.98 Å². The monoisotopic (exact) mass is 397 g/mol. The Morgan fingerprint density at radius 1 is 0.966 bits per heavy atom. The number of alkyl halides is 3. The number of ether oxygens (including phenoxy) is 1. The second-order valence-corrected chi connectivity index (χ2v) is 6.94. The Kier molecular flexibility index (Phi) is 5.01. The van der Waals surface area contributed by atoms with Crippen molar-refractivity contribution in [1.82, 2.24) is 4.98 Å². The molecule has 2 heterocycles. The van der Waals surface area contributed by atoms with Crippen LogP contribution in [0.2, 0.25) is 0 Å². The molecular formula is C22H18F3N3O. The highest BCUT2D eigenvalue weighted by Gasteiger charge is 2.38. The molecule has 2 aromatic carbocycles. The number of rotatable bonds is 3. The number of aromatic nitrogens is 1. The van der Waals surface area contributed by atoms with Gasteiger partial charge in [-0.25, -0.2) is 4.98 Å². The maximum absolute atomic E-state index is 13.6. The lowest BCUT2D eigenvalue weighted by Gasteiger charge is -2.31. The van der Waals surface area contributed by atoms with E-state index < -0.39 is 17.4 Å². The number of fused-ring (bicyclic) bond motifs is 1. The quantitative estimate of drug-likeness (QED) is 0.551. The second-order valence-electron chi connectivity index (χ2n) is 6.94. The van der Waals surface area contributed by atoms with Crippen LogP contribution in [0.5, 0.6) is 11.5 Å². The third kappa shape index (κ3) is 3.83. The number of halogens is 3. The summed E-state index contributed by atoms with van der Waals surface area (Å²) in [6.45, 7) is 1.21. The SMILES string of the molecule is N#Cc1c(C(F)(F)F)nc2ccc(Oc3ccccc3)cc2c1N1CCCCC1. The van der Waals surface area contributed by atoms with Crippen molar-refractivity contribution in [1.29, 1.82) is 5.26 Å². The van der Waals surface area contributed by atoms with Crippen molar-refractivity contribution in [3.8, 4) is 17.6 Å². The summed E-state index contributed by atoms with van der Waals surface area (Å²) in [4.78, 5) is 5.66. The van der Waals surface area contributed by atoms with Crippen molar-refractivity contribution < 1.29 is 17.9 Å². The predicted molar refractivity (Wildman–Crippen MR) is 104 cm³/mol. The molecule has 29 heavy (non-hydrogen) atoms. The molecule has 3 aromatic rings. The molecular weight excluding hydrogens is 379 g/mol. The van der Waals surface area contributed by atoms with Gasteiger partial charge in [-0.1, -0.05) is 18.2 Å². The maximum atomic E-state index is 13.6. The Morgan fingerprint density at radius 2 is 1.69 bits per heavy atom. The van der Waals surface area contributed by atoms with Crippen LogP contribution in [0.4, 0.5) is 18.9 Å². The van der Waals surface area contributed by atoms with Crippen LogP contribution in [0, 0.1) is 11.3 Å². The molecule has 0 saturated carbocycles.